The standard InChI is InChI=1S/C9H16N2O2S2/c1-7-3-4-9(14-7)8(2)11-15(12,13)6-5-10/h3-4,8,11H,5-6,10H2,1-2H3. The highest BCUT2D eigenvalue weighted by atomic mass is 32.2. The molecule has 1 aromatic rings. The van der Waals surface area contributed by atoms with Crippen LogP contribution < -0.4 is 10.5 Å². The molecule has 0 radical (unpaired) electrons. The van der Waals surface area contributed by atoms with Gasteiger partial charge in [0, 0.05) is 16.3 Å². The van der Waals surface area contributed by atoms with Gasteiger partial charge in [0.15, 0.2) is 0 Å². The Kier molecular flexibility index (Phi) is 4.27. The average molecular weight is 248 g/mol. The van der Waals surface area contributed by atoms with E-state index in [1.165, 1.54) is 4.88 Å². The van der Waals surface area contributed by atoms with E-state index in [1.807, 2.05) is 26.0 Å². The summed E-state index contributed by atoms with van der Waals surface area (Å²) in [5, 5.41) is 0. The Hall–Kier alpha value is -0.430. The highest BCUT2D eigenvalue weighted by Crippen LogP contribution is 2.22. The van der Waals surface area contributed by atoms with Crippen molar-refractivity contribution in [2.45, 2.75) is 19.9 Å². The molecule has 0 aliphatic rings. The van der Waals surface area contributed by atoms with Crippen molar-refractivity contribution in [3.05, 3.63) is 21.9 Å². The van der Waals surface area contributed by atoms with Crippen molar-refractivity contribution < 1.29 is 8.42 Å². The zero-order chi connectivity index (χ0) is 11.5. The van der Waals surface area contributed by atoms with E-state index in [0.717, 1.165) is 4.88 Å². The minimum Gasteiger partial charge on any atom is -0.329 e. The molecule has 6 heteroatoms. The quantitative estimate of drug-likeness (QED) is 0.816. The minimum absolute atomic E-state index is 0.0261. The topological polar surface area (TPSA) is 72.2 Å². The van der Waals surface area contributed by atoms with Crippen LogP contribution in [0.25, 0.3) is 0 Å². The molecule has 0 aliphatic carbocycles. The molecular formula is C9H16N2O2S2. The monoisotopic (exact) mass is 248 g/mol. The van der Waals surface area contributed by atoms with Gasteiger partial charge in [-0.3, -0.25) is 0 Å². The third-order valence-corrected chi connectivity index (χ3v) is 4.60. The summed E-state index contributed by atoms with van der Waals surface area (Å²) in [5.74, 6) is -0.0261. The first-order valence-corrected chi connectivity index (χ1v) is 7.18. The van der Waals surface area contributed by atoms with Crippen LogP contribution in [0.15, 0.2) is 12.1 Å². The van der Waals surface area contributed by atoms with Crippen LogP contribution in [0.2, 0.25) is 0 Å². The molecule has 15 heavy (non-hydrogen) atoms. The van der Waals surface area contributed by atoms with Gasteiger partial charge in [-0.25, -0.2) is 13.1 Å². The highest BCUT2D eigenvalue weighted by molar-refractivity contribution is 7.89. The second-order valence-electron chi connectivity index (χ2n) is 3.40. The molecule has 1 unspecified atom stereocenters. The van der Waals surface area contributed by atoms with E-state index in [2.05, 4.69) is 4.72 Å². The van der Waals surface area contributed by atoms with Crippen LogP contribution in [0.5, 0.6) is 0 Å². The summed E-state index contributed by atoms with van der Waals surface area (Å²) in [4.78, 5) is 2.20. The van der Waals surface area contributed by atoms with Gasteiger partial charge >= 0.3 is 0 Å². The van der Waals surface area contributed by atoms with Crippen LogP contribution in [0.1, 0.15) is 22.7 Å². The summed E-state index contributed by atoms with van der Waals surface area (Å²) in [6, 6.07) is 3.74. The maximum absolute atomic E-state index is 11.4. The number of hydrogen-bond donors (Lipinski definition) is 2. The predicted molar refractivity (Wildman–Crippen MR) is 63.4 cm³/mol. The molecule has 4 nitrogen and oxygen atoms in total. The highest BCUT2D eigenvalue weighted by Gasteiger charge is 2.15. The minimum atomic E-state index is -3.24. The van der Waals surface area contributed by atoms with Crippen LogP contribution in [0.4, 0.5) is 0 Å². The molecule has 3 N–H and O–H groups in total. The largest absolute Gasteiger partial charge is 0.329 e. The lowest BCUT2D eigenvalue weighted by Crippen LogP contribution is -2.31. The molecule has 0 spiro atoms. The Bertz CT molecular complexity index is 412. The molecule has 1 aromatic heterocycles. The maximum Gasteiger partial charge on any atom is 0.213 e. The first-order valence-electron chi connectivity index (χ1n) is 4.71. The van der Waals surface area contributed by atoms with Crippen molar-refractivity contribution in [3.63, 3.8) is 0 Å². The van der Waals surface area contributed by atoms with E-state index in [1.54, 1.807) is 11.3 Å². The zero-order valence-electron chi connectivity index (χ0n) is 8.86. The van der Waals surface area contributed by atoms with Crippen LogP contribution in [0.3, 0.4) is 0 Å². The second-order valence-corrected chi connectivity index (χ2v) is 6.59. The van der Waals surface area contributed by atoms with Gasteiger partial charge in [-0.05, 0) is 26.0 Å². The Morgan fingerprint density at radius 3 is 2.67 bits per heavy atom. The van der Waals surface area contributed by atoms with E-state index in [0.29, 0.717) is 0 Å². The number of sulfonamides is 1. The van der Waals surface area contributed by atoms with Crippen molar-refractivity contribution in [2.24, 2.45) is 5.73 Å². The van der Waals surface area contributed by atoms with Crippen molar-refractivity contribution >= 4 is 21.4 Å². The van der Waals surface area contributed by atoms with Crippen LogP contribution >= 0.6 is 11.3 Å². The number of hydrogen-bond acceptors (Lipinski definition) is 4. The first-order chi connectivity index (χ1) is 6.94. The third-order valence-electron chi connectivity index (χ3n) is 1.93. The number of nitrogens with one attached hydrogen (secondary N) is 1. The Balaban J connectivity index is 2.67. The molecule has 1 rings (SSSR count). The van der Waals surface area contributed by atoms with Gasteiger partial charge < -0.3 is 5.73 Å². The summed E-state index contributed by atoms with van der Waals surface area (Å²) in [6.07, 6.45) is 0. The van der Waals surface area contributed by atoms with Crippen LogP contribution in [-0.4, -0.2) is 20.7 Å². The van der Waals surface area contributed by atoms with Gasteiger partial charge in [-0.15, -0.1) is 11.3 Å². The normalized spacial score (nSPS) is 14.1. The van der Waals surface area contributed by atoms with Gasteiger partial charge in [0.2, 0.25) is 10.0 Å². The molecule has 1 atom stereocenters. The molecule has 0 bridgehead atoms. The number of aryl methyl sites for hydroxylation is 1. The molecule has 0 amide bonds. The molecule has 0 fully saturated rings. The molecule has 0 saturated heterocycles. The van der Waals surface area contributed by atoms with Crippen molar-refractivity contribution in [3.8, 4) is 0 Å². The number of rotatable bonds is 5. The first kappa shape index (κ1) is 12.6. The fourth-order valence-electron chi connectivity index (χ4n) is 1.23. The Morgan fingerprint density at radius 1 is 1.53 bits per heavy atom. The van der Waals surface area contributed by atoms with Gasteiger partial charge in [0.25, 0.3) is 0 Å². The summed E-state index contributed by atoms with van der Waals surface area (Å²) < 4.78 is 25.5. The number of thiophene rings is 1. The Labute approximate surface area is 94.5 Å². The summed E-state index contributed by atoms with van der Waals surface area (Å²) in [7, 11) is -3.24. The molecular weight excluding hydrogens is 232 g/mol. The fraction of sp³-hybridized carbons (Fsp3) is 0.556. The third kappa shape index (κ3) is 3.90. The molecule has 1 heterocycles. The summed E-state index contributed by atoms with van der Waals surface area (Å²) >= 11 is 1.60. The maximum atomic E-state index is 11.4. The van der Waals surface area contributed by atoms with Crippen molar-refractivity contribution in [1.29, 1.82) is 0 Å². The number of nitrogens with two attached hydrogens (primary N) is 1. The lowest BCUT2D eigenvalue weighted by molar-refractivity contribution is 0.568. The zero-order valence-corrected chi connectivity index (χ0v) is 10.5. The van der Waals surface area contributed by atoms with Crippen LogP contribution in [-0.2, 0) is 10.0 Å². The Morgan fingerprint density at radius 2 is 2.20 bits per heavy atom. The van der Waals surface area contributed by atoms with E-state index < -0.39 is 10.0 Å². The van der Waals surface area contributed by atoms with Gasteiger partial charge in [0.1, 0.15) is 0 Å². The molecule has 0 aliphatic heterocycles. The van der Waals surface area contributed by atoms with Gasteiger partial charge in [0.05, 0.1) is 11.8 Å². The average Bonchev–Trinajstić information content (AvgIpc) is 2.50. The van der Waals surface area contributed by atoms with Crippen molar-refractivity contribution in [2.75, 3.05) is 12.3 Å². The van der Waals surface area contributed by atoms with E-state index >= 15 is 0 Å². The second kappa shape index (κ2) is 5.07. The van der Waals surface area contributed by atoms with Crippen LogP contribution in [0, 0.1) is 6.92 Å². The molecule has 0 saturated carbocycles. The predicted octanol–water partition coefficient (Wildman–Crippen LogP) is 0.996. The van der Waals surface area contributed by atoms with E-state index in [-0.39, 0.29) is 18.3 Å². The lowest BCUT2D eigenvalue weighted by Gasteiger charge is -2.11. The summed E-state index contributed by atoms with van der Waals surface area (Å²) in [5.41, 5.74) is 5.22. The lowest BCUT2D eigenvalue weighted by atomic mass is 10.3. The molecule has 0 aromatic carbocycles. The molecule has 86 valence electrons. The smallest absolute Gasteiger partial charge is 0.213 e. The summed E-state index contributed by atoms with van der Waals surface area (Å²) in [6.45, 7) is 3.97. The fourth-order valence-corrected chi connectivity index (χ4v) is 3.28. The van der Waals surface area contributed by atoms with E-state index in [9.17, 15) is 8.42 Å². The van der Waals surface area contributed by atoms with Crippen molar-refractivity contribution in [1.82, 2.24) is 4.72 Å². The SMILES string of the molecule is Cc1ccc(C(C)NS(=O)(=O)CCN)s1. The van der Waals surface area contributed by atoms with E-state index in [4.69, 9.17) is 5.73 Å². The van der Waals surface area contributed by atoms with Gasteiger partial charge in [-0.2, -0.15) is 0 Å². The van der Waals surface area contributed by atoms with Gasteiger partial charge in [-0.1, -0.05) is 0 Å².